The maximum atomic E-state index is 13.7. The Hall–Kier alpha value is -2.32. The highest BCUT2D eigenvalue weighted by atomic mass is 19.2. The monoisotopic (exact) mass is 432 g/mol. The highest BCUT2D eigenvalue weighted by Gasteiger charge is 2.30. The van der Waals surface area contributed by atoms with Crippen LogP contribution >= 0.6 is 0 Å². The maximum absolute atomic E-state index is 13.7. The Morgan fingerprint density at radius 1 is 0.935 bits per heavy atom. The first-order chi connectivity index (χ1) is 15.0. The van der Waals surface area contributed by atoms with E-state index in [2.05, 4.69) is 9.80 Å². The molecule has 1 aromatic rings. The van der Waals surface area contributed by atoms with Crippen molar-refractivity contribution >= 4 is 17.9 Å². The second-order valence-corrected chi connectivity index (χ2v) is 8.58. The minimum absolute atomic E-state index is 0.0509. The standard InChI is InChI=1S/C23H30F2N4O2/c24-20-6-1-3-18(23(20)25)7-8-21(30)28-11-9-26(10-12-28)17-22(31)29-15-13-27(14-16-29)19-4-2-5-19/h1,3,6-8,19H,2,4-5,9-17H2/b8-7+. The van der Waals surface area contributed by atoms with Crippen LogP contribution in [0.4, 0.5) is 8.78 Å². The Labute approximate surface area is 182 Å². The van der Waals surface area contributed by atoms with Crippen molar-refractivity contribution in [2.45, 2.75) is 25.3 Å². The van der Waals surface area contributed by atoms with Crippen molar-refractivity contribution in [1.29, 1.82) is 0 Å². The Balaban J connectivity index is 1.19. The molecule has 2 heterocycles. The number of carbonyl (C=O) groups is 2. The van der Waals surface area contributed by atoms with Crippen LogP contribution < -0.4 is 0 Å². The van der Waals surface area contributed by atoms with Gasteiger partial charge in [0.15, 0.2) is 11.6 Å². The van der Waals surface area contributed by atoms with Crippen molar-refractivity contribution in [2.75, 3.05) is 58.9 Å². The molecule has 1 aliphatic carbocycles. The quantitative estimate of drug-likeness (QED) is 0.666. The van der Waals surface area contributed by atoms with Gasteiger partial charge in [-0.25, -0.2) is 8.78 Å². The van der Waals surface area contributed by atoms with Gasteiger partial charge in [0.2, 0.25) is 11.8 Å². The number of rotatable bonds is 5. The molecule has 6 nitrogen and oxygen atoms in total. The first-order valence-electron chi connectivity index (χ1n) is 11.2. The summed E-state index contributed by atoms with van der Waals surface area (Å²) < 4.78 is 27.0. The molecule has 0 spiro atoms. The minimum atomic E-state index is -0.955. The summed E-state index contributed by atoms with van der Waals surface area (Å²) in [5.41, 5.74) is 0.0509. The predicted molar refractivity (Wildman–Crippen MR) is 114 cm³/mol. The molecule has 0 unspecified atom stereocenters. The Bertz CT molecular complexity index is 827. The number of hydrogen-bond acceptors (Lipinski definition) is 4. The van der Waals surface area contributed by atoms with E-state index in [1.54, 1.807) is 4.90 Å². The summed E-state index contributed by atoms with van der Waals surface area (Å²) in [6, 6.07) is 4.61. The van der Waals surface area contributed by atoms with Gasteiger partial charge in [0.1, 0.15) is 0 Å². The number of benzene rings is 1. The van der Waals surface area contributed by atoms with Crippen molar-refractivity contribution in [3.05, 3.63) is 41.5 Å². The van der Waals surface area contributed by atoms with E-state index in [4.69, 9.17) is 0 Å². The lowest BCUT2D eigenvalue weighted by Crippen LogP contribution is -2.56. The van der Waals surface area contributed by atoms with Crippen LogP contribution in [-0.2, 0) is 9.59 Å². The second-order valence-electron chi connectivity index (χ2n) is 8.58. The zero-order valence-electron chi connectivity index (χ0n) is 17.8. The molecule has 31 heavy (non-hydrogen) atoms. The van der Waals surface area contributed by atoms with Gasteiger partial charge < -0.3 is 9.80 Å². The number of nitrogens with zero attached hydrogens (tertiary/aromatic N) is 4. The molecule has 2 amide bonds. The topological polar surface area (TPSA) is 47.1 Å². The SMILES string of the molecule is O=C(/C=C/c1cccc(F)c1F)N1CCN(CC(=O)N2CCN(C3CCC3)CC2)CC1. The number of carbonyl (C=O) groups excluding carboxylic acids is 2. The summed E-state index contributed by atoms with van der Waals surface area (Å²) >= 11 is 0. The Morgan fingerprint density at radius 2 is 1.61 bits per heavy atom. The van der Waals surface area contributed by atoms with E-state index < -0.39 is 11.6 Å². The summed E-state index contributed by atoms with van der Waals surface area (Å²) in [4.78, 5) is 33.3. The first-order valence-corrected chi connectivity index (χ1v) is 11.2. The van der Waals surface area contributed by atoms with Gasteiger partial charge in [-0.3, -0.25) is 19.4 Å². The van der Waals surface area contributed by atoms with E-state index in [-0.39, 0.29) is 17.4 Å². The van der Waals surface area contributed by atoms with E-state index in [1.165, 1.54) is 43.5 Å². The molecule has 0 radical (unpaired) electrons. The lowest BCUT2D eigenvalue weighted by atomic mass is 9.91. The van der Waals surface area contributed by atoms with E-state index in [0.29, 0.717) is 32.7 Å². The Morgan fingerprint density at radius 3 is 2.26 bits per heavy atom. The van der Waals surface area contributed by atoms with Gasteiger partial charge in [-0.05, 0) is 25.0 Å². The van der Waals surface area contributed by atoms with Gasteiger partial charge in [-0.1, -0.05) is 18.6 Å². The van der Waals surface area contributed by atoms with E-state index >= 15 is 0 Å². The smallest absolute Gasteiger partial charge is 0.246 e. The first kappa shape index (κ1) is 21.9. The summed E-state index contributed by atoms with van der Waals surface area (Å²) in [6.45, 7) is 6.20. The predicted octanol–water partition coefficient (Wildman–Crippen LogP) is 1.82. The summed E-state index contributed by atoms with van der Waals surface area (Å²) in [5.74, 6) is -1.96. The lowest BCUT2D eigenvalue weighted by molar-refractivity contribution is -0.135. The molecule has 0 bridgehead atoms. The molecule has 0 N–H and O–H groups in total. The fraction of sp³-hybridized carbons (Fsp3) is 0.565. The van der Waals surface area contributed by atoms with E-state index in [9.17, 15) is 18.4 Å². The van der Waals surface area contributed by atoms with Gasteiger partial charge in [-0.15, -0.1) is 0 Å². The number of halogens is 2. The average Bonchev–Trinajstić information content (AvgIpc) is 2.74. The summed E-state index contributed by atoms with van der Waals surface area (Å²) in [7, 11) is 0. The van der Waals surface area contributed by atoms with Crippen LogP contribution in [0.2, 0.25) is 0 Å². The fourth-order valence-electron chi connectivity index (χ4n) is 4.42. The molecular weight excluding hydrogens is 402 g/mol. The third-order valence-electron chi connectivity index (χ3n) is 6.69. The summed E-state index contributed by atoms with van der Waals surface area (Å²) in [6.07, 6.45) is 6.50. The molecule has 0 atom stereocenters. The van der Waals surface area contributed by atoms with Gasteiger partial charge in [0, 0.05) is 70.0 Å². The molecule has 4 rings (SSSR count). The van der Waals surface area contributed by atoms with Crippen molar-refractivity contribution < 1.29 is 18.4 Å². The second kappa shape index (κ2) is 9.87. The largest absolute Gasteiger partial charge is 0.339 e. The lowest BCUT2D eigenvalue weighted by Gasteiger charge is -2.43. The van der Waals surface area contributed by atoms with E-state index in [1.807, 2.05) is 4.90 Å². The van der Waals surface area contributed by atoms with Crippen LogP contribution in [0.5, 0.6) is 0 Å². The fourth-order valence-corrected chi connectivity index (χ4v) is 4.42. The maximum Gasteiger partial charge on any atom is 0.246 e. The zero-order valence-corrected chi connectivity index (χ0v) is 17.8. The third kappa shape index (κ3) is 5.30. The van der Waals surface area contributed by atoms with Gasteiger partial charge in [-0.2, -0.15) is 0 Å². The van der Waals surface area contributed by atoms with Crippen LogP contribution in [0.1, 0.15) is 24.8 Å². The molecule has 1 aromatic carbocycles. The minimum Gasteiger partial charge on any atom is -0.339 e. The molecule has 1 saturated carbocycles. The highest BCUT2D eigenvalue weighted by molar-refractivity contribution is 5.91. The van der Waals surface area contributed by atoms with Crippen LogP contribution in [0.25, 0.3) is 6.08 Å². The van der Waals surface area contributed by atoms with Crippen LogP contribution in [0.3, 0.4) is 0 Å². The number of piperazine rings is 2. The van der Waals surface area contributed by atoms with Crippen molar-refractivity contribution in [2.24, 2.45) is 0 Å². The van der Waals surface area contributed by atoms with Crippen LogP contribution in [0, 0.1) is 11.6 Å². The van der Waals surface area contributed by atoms with Gasteiger partial charge in [0.25, 0.3) is 0 Å². The third-order valence-corrected chi connectivity index (χ3v) is 6.69. The summed E-state index contributed by atoms with van der Waals surface area (Å²) in [5, 5.41) is 0. The number of amides is 2. The zero-order chi connectivity index (χ0) is 21.8. The normalized spacial score (nSPS) is 21.5. The Kier molecular flexibility index (Phi) is 6.97. The molecule has 3 aliphatic rings. The molecule has 2 saturated heterocycles. The van der Waals surface area contributed by atoms with Gasteiger partial charge in [0.05, 0.1) is 6.54 Å². The van der Waals surface area contributed by atoms with Crippen LogP contribution in [0.15, 0.2) is 24.3 Å². The molecule has 0 aromatic heterocycles. The highest BCUT2D eigenvalue weighted by Crippen LogP contribution is 2.25. The average molecular weight is 433 g/mol. The number of hydrogen-bond donors (Lipinski definition) is 0. The molecule has 2 aliphatic heterocycles. The molecular formula is C23H30F2N4O2. The molecule has 8 heteroatoms. The van der Waals surface area contributed by atoms with Gasteiger partial charge >= 0.3 is 0 Å². The molecule has 3 fully saturated rings. The van der Waals surface area contributed by atoms with Crippen molar-refractivity contribution in [3.8, 4) is 0 Å². The van der Waals surface area contributed by atoms with Crippen LogP contribution in [-0.4, -0.2) is 96.4 Å². The van der Waals surface area contributed by atoms with Crippen molar-refractivity contribution in [3.63, 3.8) is 0 Å². The van der Waals surface area contributed by atoms with Crippen molar-refractivity contribution in [1.82, 2.24) is 19.6 Å². The van der Waals surface area contributed by atoms with E-state index in [0.717, 1.165) is 38.3 Å². The molecule has 168 valence electrons.